The predicted molar refractivity (Wildman–Crippen MR) is 97.9 cm³/mol. The summed E-state index contributed by atoms with van der Waals surface area (Å²) in [5.41, 5.74) is 2.26. The molecule has 0 aliphatic rings. The van der Waals surface area contributed by atoms with Crippen molar-refractivity contribution >= 4 is 17.0 Å². The number of aromatic nitrogens is 2. The lowest BCUT2D eigenvalue weighted by Gasteiger charge is -2.12. The summed E-state index contributed by atoms with van der Waals surface area (Å²) in [6, 6.07) is 8.25. The third-order valence-electron chi connectivity index (χ3n) is 3.94. The Morgan fingerprint density at radius 3 is 2.65 bits per heavy atom. The lowest BCUT2D eigenvalue weighted by atomic mass is 10.2. The number of fused-ring (bicyclic) bond motifs is 1. The van der Waals surface area contributed by atoms with Crippen molar-refractivity contribution < 1.29 is 0 Å². The van der Waals surface area contributed by atoms with E-state index in [-0.39, 0.29) is 0 Å². The van der Waals surface area contributed by atoms with Crippen LogP contribution >= 0.6 is 0 Å². The molecule has 2 rings (SSSR count). The minimum atomic E-state index is 0.900. The lowest BCUT2D eigenvalue weighted by Crippen LogP contribution is -2.38. The summed E-state index contributed by atoms with van der Waals surface area (Å²) in [4.78, 5) is 8.69. The van der Waals surface area contributed by atoms with E-state index >= 15 is 0 Å². The third-order valence-corrected chi connectivity index (χ3v) is 3.94. The van der Waals surface area contributed by atoms with Crippen LogP contribution in [0.4, 0.5) is 0 Å². The van der Waals surface area contributed by atoms with Crippen LogP contribution in [0.1, 0.15) is 39.0 Å². The van der Waals surface area contributed by atoms with Gasteiger partial charge >= 0.3 is 0 Å². The molecule has 0 saturated carbocycles. The second-order valence-corrected chi connectivity index (χ2v) is 5.77. The first-order valence-electron chi connectivity index (χ1n) is 8.69. The fourth-order valence-corrected chi connectivity index (χ4v) is 2.62. The molecule has 5 nitrogen and oxygen atoms in total. The maximum atomic E-state index is 4.42. The summed E-state index contributed by atoms with van der Waals surface area (Å²) in [7, 11) is 1.82. The molecule has 0 unspecified atom stereocenters. The zero-order chi connectivity index (χ0) is 16.3. The summed E-state index contributed by atoms with van der Waals surface area (Å²) < 4.78 is 2.21. The molecular weight excluding hydrogens is 286 g/mol. The maximum absolute atomic E-state index is 4.42. The molecule has 0 atom stereocenters. The van der Waals surface area contributed by atoms with Crippen molar-refractivity contribution in [3.05, 3.63) is 30.6 Å². The van der Waals surface area contributed by atoms with Crippen LogP contribution in [0.25, 0.3) is 11.0 Å². The highest BCUT2D eigenvalue weighted by Crippen LogP contribution is 2.11. The van der Waals surface area contributed by atoms with Crippen molar-refractivity contribution in [3.63, 3.8) is 0 Å². The van der Waals surface area contributed by atoms with Crippen molar-refractivity contribution in [1.82, 2.24) is 20.2 Å². The van der Waals surface area contributed by atoms with Gasteiger partial charge in [0.1, 0.15) is 0 Å². The average Bonchev–Trinajstić information content (AvgIpc) is 3.00. The molecular formula is C18H29N5. The van der Waals surface area contributed by atoms with Gasteiger partial charge in [0.25, 0.3) is 0 Å². The smallest absolute Gasteiger partial charge is 0.190 e. The summed E-state index contributed by atoms with van der Waals surface area (Å²) >= 11 is 0. The van der Waals surface area contributed by atoms with Gasteiger partial charge in [-0.1, -0.05) is 38.3 Å². The number of unbranched alkanes of at least 4 members (excludes halogenated alkanes) is 3. The van der Waals surface area contributed by atoms with Crippen molar-refractivity contribution in [1.29, 1.82) is 0 Å². The summed E-state index contributed by atoms with van der Waals surface area (Å²) in [6.07, 6.45) is 8.04. The van der Waals surface area contributed by atoms with E-state index in [2.05, 4.69) is 44.2 Å². The quantitative estimate of drug-likeness (QED) is 0.424. The SMILES string of the molecule is CCCCCCNC(=NC)NCCCn1cnc2ccccc21. The summed E-state index contributed by atoms with van der Waals surface area (Å²) in [5, 5.41) is 6.75. The van der Waals surface area contributed by atoms with Gasteiger partial charge in [-0.2, -0.15) is 0 Å². The molecule has 1 aromatic heterocycles. The number of nitrogens with zero attached hydrogens (tertiary/aromatic N) is 3. The number of aliphatic imine (C=N–C) groups is 1. The van der Waals surface area contributed by atoms with Crippen LogP contribution in [0.5, 0.6) is 0 Å². The Kier molecular flexibility index (Phi) is 7.43. The second kappa shape index (κ2) is 9.87. The first kappa shape index (κ1) is 17.3. The molecule has 0 aliphatic heterocycles. The zero-order valence-electron chi connectivity index (χ0n) is 14.4. The van der Waals surface area contributed by atoms with E-state index in [9.17, 15) is 0 Å². The first-order chi connectivity index (χ1) is 11.3. The first-order valence-corrected chi connectivity index (χ1v) is 8.69. The van der Waals surface area contributed by atoms with E-state index in [4.69, 9.17) is 0 Å². The number of imidazole rings is 1. The molecule has 1 heterocycles. The van der Waals surface area contributed by atoms with E-state index < -0.39 is 0 Å². The Balaban J connectivity index is 1.65. The average molecular weight is 315 g/mol. The molecule has 5 heteroatoms. The van der Waals surface area contributed by atoms with Crippen LogP contribution < -0.4 is 10.6 Å². The largest absolute Gasteiger partial charge is 0.356 e. The Labute approximate surface area is 139 Å². The summed E-state index contributed by atoms with van der Waals surface area (Å²) in [5.74, 6) is 0.900. The van der Waals surface area contributed by atoms with Gasteiger partial charge in [0.15, 0.2) is 5.96 Å². The van der Waals surface area contributed by atoms with E-state index in [1.54, 1.807) is 0 Å². The fraction of sp³-hybridized carbons (Fsp3) is 0.556. The van der Waals surface area contributed by atoms with Crippen LogP contribution in [-0.4, -0.2) is 35.6 Å². The molecule has 0 fully saturated rings. The highest BCUT2D eigenvalue weighted by molar-refractivity contribution is 5.79. The molecule has 0 radical (unpaired) electrons. The van der Waals surface area contributed by atoms with Gasteiger partial charge < -0.3 is 15.2 Å². The third kappa shape index (κ3) is 5.58. The molecule has 0 amide bonds. The number of para-hydroxylation sites is 2. The molecule has 0 spiro atoms. The minimum Gasteiger partial charge on any atom is -0.356 e. The number of benzene rings is 1. The Bertz CT molecular complexity index is 602. The van der Waals surface area contributed by atoms with Crippen molar-refractivity contribution in [2.45, 2.75) is 45.6 Å². The van der Waals surface area contributed by atoms with Crippen LogP contribution in [0, 0.1) is 0 Å². The summed E-state index contributed by atoms with van der Waals surface area (Å²) in [6.45, 7) is 5.09. The number of aryl methyl sites for hydroxylation is 1. The van der Waals surface area contributed by atoms with Crippen LogP contribution in [-0.2, 0) is 6.54 Å². The lowest BCUT2D eigenvalue weighted by molar-refractivity contribution is 0.625. The monoisotopic (exact) mass is 315 g/mol. The molecule has 0 bridgehead atoms. The molecule has 1 aromatic carbocycles. The fourth-order valence-electron chi connectivity index (χ4n) is 2.62. The molecule has 2 N–H and O–H groups in total. The minimum absolute atomic E-state index is 0.900. The molecule has 23 heavy (non-hydrogen) atoms. The van der Waals surface area contributed by atoms with Gasteiger partial charge in [-0.05, 0) is 25.0 Å². The number of nitrogens with one attached hydrogen (secondary N) is 2. The van der Waals surface area contributed by atoms with Gasteiger partial charge in [-0.3, -0.25) is 4.99 Å². The van der Waals surface area contributed by atoms with E-state index in [0.717, 1.165) is 37.5 Å². The number of guanidine groups is 1. The number of hydrogen-bond acceptors (Lipinski definition) is 2. The van der Waals surface area contributed by atoms with E-state index in [1.807, 2.05) is 25.5 Å². The van der Waals surface area contributed by atoms with Crippen molar-refractivity contribution in [3.8, 4) is 0 Å². The Morgan fingerprint density at radius 2 is 1.87 bits per heavy atom. The Morgan fingerprint density at radius 1 is 1.09 bits per heavy atom. The maximum Gasteiger partial charge on any atom is 0.190 e. The van der Waals surface area contributed by atoms with E-state index in [1.165, 1.54) is 31.2 Å². The van der Waals surface area contributed by atoms with Crippen molar-refractivity contribution in [2.24, 2.45) is 4.99 Å². The number of rotatable bonds is 9. The normalized spacial score (nSPS) is 11.8. The molecule has 126 valence electrons. The van der Waals surface area contributed by atoms with Crippen LogP contribution in [0.15, 0.2) is 35.6 Å². The second-order valence-electron chi connectivity index (χ2n) is 5.77. The Hall–Kier alpha value is -2.04. The van der Waals surface area contributed by atoms with Gasteiger partial charge in [-0.15, -0.1) is 0 Å². The highest BCUT2D eigenvalue weighted by atomic mass is 15.2. The van der Waals surface area contributed by atoms with Gasteiger partial charge in [0.05, 0.1) is 17.4 Å². The van der Waals surface area contributed by atoms with Gasteiger partial charge in [-0.25, -0.2) is 4.98 Å². The highest BCUT2D eigenvalue weighted by Gasteiger charge is 2.01. The van der Waals surface area contributed by atoms with E-state index in [0.29, 0.717) is 0 Å². The van der Waals surface area contributed by atoms with Crippen LogP contribution in [0.3, 0.4) is 0 Å². The van der Waals surface area contributed by atoms with Gasteiger partial charge in [0, 0.05) is 26.7 Å². The van der Waals surface area contributed by atoms with Gasteiger partial charge in [0.2, 0.25) is 0 Å². The van der Waals surface area contributed by atoms with Crippen molar-refractivity contribution in [2.75, 3.05) is 20.1 Å². The zero-order valence-corrected chi connectivity index (χ0v) is 14.4. The predicted octanol–water partition coefficient (Wildman–Crippen LogP) is 3.17. The molecule has 0 aliphatic carbocycles. The topological polar surface area (TPSA) is 54.2 Å². The standard InChI is InChI=1S/C18H29N5/c1-3-4-5-8-12-20-18(19-2)21-13-9-14-23-15-22-16-10-6-7-11-17(16)23/h6-7,10-11,15H,3-5,8-9,12-14H2,1-2H3,(H2,19,20,21). The van der Waals surface area contributed by atoms with Crippen LogP contribution in [0.2, 0.25) is 0 Å². The molecule has 2 aromatic rings. The molecule has 0 saturated heterocycles. The number of hydrogen-bond donors (Lipinski definition) is 2.